The molecule has 0 saturated carbocycles. The van der Waals surface area contributed by atoms with Crippen molar-refractivity contribution < 1.29 is 14.6 Å². The monoisotopic (exact) mass is 260 g/mol. The molecule has 1 atom stereocenters. The number of benzene rings is 1. The van der Waals surface area contributed by atoms with Crippen molar-refractivity contribution in [2.24, 2.45) is 0 Å². The smallest absolute Gasteiger partial charge is 0.133 e. The molecule has 0 saturated heterocycles. The summed E-state index contributed by atoms with van der Waals surface area (Å²) in [6.45, 7) is 1.69. The molecule has 1 unspecified atom stereocenters. The summed E-state index contributed by atoms with van der Waals surface area (Å²) in [5.41, 5.74) is 0.715. The Morgan fingerprint density at radius 1 is 1.21 bits per heavy atom. The highest BCUT2D eigenvalue weighted by molar-refractivity contribution is 9.10. The molecule has 1 aromatic rings. The lowest BCUT2D eigenvalue weighted by atomic mass is 10.1. The van der Waals surface area contributed by atoms with Crippen LogP contribution in [0.15, 0.2) is 16.6 Å². The van der Waals surface area contributed by atoms with E-state index >= 15 is 0 Å². The van der Waals surface area contributed by atoms with Gasteiger partial charge in [0.05, 0.1) is 24.8 Å². The van der Waals surface area contributed by atoms with Gasteiger partial charge in [0.1, 0.15) is 11.5 Å². The Labute approximate surface area is 91.8 Å². The number of halogens is 1. The van der Waals surface area contributed by atoms with Crippen LogP contribution in [0.3, 0.4) is 0 Å². The zero-order chi connectivity index (χ0) is 10.7. The zero-order valence-corrected chi connectivity index (χ0v) is 9.96. The quantitative estimate of drug-likeness (QED) is 0.908. The summed E-state index contributed by atoms with van der Waals surface area (Å²) in [6, 6.07) is 3.54. The van der Waals surface area contributed by atoms with Gasteiger partial charge in [-0.1, -0.05) is 0 Å². The van der Waals surface area contributed by atoms with Crippen molar-refractivity contribution in [1.82, 2.24) is 0 Å². The van der Waals surface area contributed by atoms with Crippen LogP contribution in [0.1, 0.15) is 18.6 Å². The van der Waals surface area contributed by atoms with Gasteiger partial charge in [0.25, 0.3) is 0 Å². The third-order valence-corrected chi connectivity index (χ3v) is 2.57. The Morgan fingerprint density at radius 3 is 2.21 bits per heavy atom. The topological polar surface area (TPSA) is 38.7 Å². The number of ether oxygens (including phenoxy) is 2. The summed E-state index contributed by atoms with van der Waals surface area (Å²) in [5.74, 6) is 1.33. The predicted molar refractivity (Wildman–Crippen MR) is 57.9 cm³/mol. The minimum absolute atomic E-state index is 0.577. The van der Waals surface area contributed by atoms with Crippen molar-refractivity contribution >= 4 is 15.9 Å². The highest BCUT2D eigenvalue weighted by atomic mass is 79.9. The summed E-state index contributed by atoms with van der Waals surface area (Å²) in [5, 5.41) is 9.50. The average molecular weight is 261 g/mol. The van der Waals surface area contributed by atoms with Crippen molar-refractivity contribution in [3.05, 3.63) is 22.2 Å². The highest BCUT2D eigenvalue weighted by Gasteiger charge is 2.12. The van der Waals surface area contributed by atoms with Crippen molar-refractivity contribution in [2.75, 3.05) is 14.2 Å². The van der Waals surface area contributed by atoms with Crippen molar-refractivity contribution in [3.63, 3.8) is 0 Å². The van der Waals surface area contributed by atoms with Gasteiger partial charge in [0.2, 0.25) is 0 Å². The van der Waals surface area contributed by atoms with Crippen molar-refractivity contribution in [1.29, 1.82) is 0 Å². The van der Waals surface area contributed by atoms with Crippen LogP contribution in [0.25, 0.3) is 0 Å². The molecule has 0 radical (unpaired) electrons. The van der Waals surface area contributed by atoms with Crippen LogP contribution < -0.4 is 9.47 Å². The summed E-state index contributed by atoms with van der Waals surface area (Å²) >= 11 is 3.34. The minimum Gasteiger partial charge on any atom is -0.496 e. The second-order valence-corrected chi connectivity index (χ2v) is 3.76. The molecule has 0 aliphatic carbocycles. The number of hydrogen-bond acceptors (Lipinski definition) is 3. The Balaban J connectivity index is 3.25. The first kappa shape index (κ1) is 11.3. The maximum atomic E-state index is 9.50. The molecule has 0 aliphatic rings. The molecule has 1 rings (SSSR count). The van der Waals surface area contributed by atoms with E-state index in [1.54, 1.807) is 33.3 Å². The molecule has 0 aromatic heterocycles. The van der Waals surface area contributed by atoms with Gasteiger partial charge >= 0.3 is 0 Å². The fraction of sp³-hybridized carbons (Fsp3) is 0.400. The lowest BCUT2D eigenvalue weighted by Crippen LogP contribution is -1.98. The van der Waals surface area contributed by atoms with E-state index in [9.17, 15) is 5.11 Å². The van der Waals surface area contributed by atoms with Crippen LogP contribution in [-0.4, -0.2) is 19.3 Å². The third-order valence-electron chi connectivity index (χ3n) is 1.95. The largest absolute Gasteiger partial charge is 0.496 e. The first-order chi connectivity index (χ1) is 6.60. The summed E-state index contributed by atoms with van der Waals surface area (Å²) in [7, 11) is 3.15. The zero-order valence-electron chi connectivity index (χ0n) is 8.37. The van der Waals surface area contributed by atoms with Gasteiger partial charge in [-0.05, 0) is 35.0 Å². The van der Waals surface area contributed by atoms with Gasteiger partial charge in [-0.15, -0.1) is 0 Å². The molecule has 0 spiro atoms. The fourth-order valence-electron chi connectivity index (χ4n) is 1.21. The molecular formula is C10H13BrO3. The van der Waals surface area contributed by atoms with E-state index < -0.39 is 6.10 Å². The van der Waals surface area contributed by atoms with E-state index in [2.05, 4.69) is 15.9 Å². The standard InChI is InChI=1S/C10H13BrO3/c1-6(12)7-4-10(14-3)8(11)5-9(7)13-2/h4-6,12H,1-3H3. The van der Waals surface area contributed by atoms with Gasteiger partial charge in [-0.2, -0.15) is 0 Å². The maximum Gasteiger partial charge on any atom is 0.133 e. The molecular weight excluding hydrogens is 248 g/mol. The van der Waals surface area contributed by atoms with E-state index in [4.69, 9.17) is 9.47 Å². The normalized spacial score (nSPS) is 12.4. The molecule has 4 heteroatoms. The van der Waals surface area contributed by atoms with E-state index in [0.29, 0.717) is 17.1 Å². The highest BCUT2D eigenvalue weighted by Crippen LogP contribution is 2.35. The van der Waals surface area contributed by atoms with Gasteiger partial charge in [-0.25, -0.2) is 0 Å². The third kappa shape index (κ3) is 2.19. The van der Waals surface area contributed by atoms with Gasteiger partial charge in [0, 0.05) is 5.56 Å². The number of methoxy groups -OCH3 is 2. The van der Waals surface area contributed by atoms with E-state index in [1.807, 2.05) is 0 Å². The van der Waals surface area contributed by atoms with E-state index in [1.165, 1.54) is 0 Å². The lowest BCUT2D eigenvalue weighted by Gasteiger charge is -2.13. The van der Waals surface area contributed by atoms with Gasteiger partial charge < -0.3 is 14.6 Å². The van der Waals surface area contributed by atoms with Crippen LogP contribution in [0, 0.1) is 0 Å². The second kappa shape index (κ2) is 4.66. The minimum atomic E-state index is -0.577. The molecule has 0 amide bonds. The fourth-order valence-corrected chi connectivity index (χ4v) is 1.69. The molecule has 78 valence electrons. The Kier molecular flexibility index (Phi) is 3.77. The van der Waals surface area contributed by atoms with Gasteiger partial charge in [-0.3, -0.25) is 0 Å². The maximum absolute atomic E-state index is 9.50. The molecule has 0 bridgehead atoms. The van der Waals surface area contributed by atoms with Crippen LogP contribution >= 0.6 is 15.9 Å². The number of rotatable bonds is 3. The van der Waals surface area contributed by atoms with Crippen LogP contribution in [-0.2, 0) is 0 Å². The SMILES string of the molecule is COc1cc(C(C)O)c(OC)cc1Br. The van der Waals surface area contributed by atoms with Crippen LogP contribution in [0.4, 0.5) is 0 Å². The molecule has 3 nitrogen and oxygen atoms in total. The van der Waals surface area contributed by atoms with E-state index in [-0.39, 0.29) is 0 Å². The Hall–Kier alpha value is -0.740. The first-order valence-corrected chi connectivity index (χ1v) is 4.99. The van der Waals surface area contributed by atoms with Gasteiger partial charge in [0.15, 0.2) is 0 Å². The molecule has 0 aliphatic heterocycles. The molecule has 1 N–H and O–H groups in total. The van der Waals surface area contributed by atoms with E-state index in [0.717, 1.165) is 4.47 Å². The van der Waals surface area contributed by atoms with Crippen LogP contribution in [0.2, 0.25) is 0 Å². The molecule has 0 heterocycles. The number of hydrogen-bond donors (Lipinski definition) is 1. The molecule has 1 aromatic carbocycles. The summed E-state index contributed by atoms with van der Waals surface area (Å²) in [6.07, 6.45) is -0.577. The number of aliphatic hydroxyl groups is 1. The summed E-state index contributed by atoms with van der Waals surface area (Å²) in [4.78, 5) is 0. The molecule has 0 fully saturated rings. The number of aliphatic hydroxyl groups excluding tert-OH is 1. The Morgan fingerprint density at radius 2 is 1.79 bits per heavy atom. The Bertz CT molecular complexity index is 323. The molecule has 14 heavy (non-hydrogen) atoms. The lowest BCUT2D eigenvalue weighted by molar-refractivity contribution is 0.193. The second-order valence-electron chi connectivity index (χ2n) is 2.90. The van der Waals surface area contributed by atoms with Crippen molar-refractivity contribution in [3.8, 4) is 11.5 Å². The average Bonchev–Trinajstić information content (AvgIpc) is 2.16. The first-order valence-electron chi connectivity index (χ1n) is 4.19. The van der Waals surface area contributed by atoms with Crippen molar-refractivity contribution in [2.45, 2.75) is 13.0 Å². The summed E-state index contributed by atoms with van der Waals surface area (Å²) < 4.78 is 11.1. The van der Waals surface area contributed by atoms with Crippen LogP contribution in [0.5, 0.6) is 11.5 Å². The predicted octanol–water partition coefficient (Wildman–Crippen LogP) is 2.52.